The predicted molar refractivity (Wildman–Crippen MR) is 73.7 cm³/mol. The Morgan fingerprint density at radius 1 is 1.24 bits per heavy atom. The molecular weight excluding hydrogens is 278 g/mol. The summed E-state index contributed by atoms with van der Waals surface area (Å²) in [7, 11) is 1.51. The predicted octanol–water partition coefficient (Wildman–Crippen LogP) is 3.32. The van der Waals surface area contributed by atoms with Gasteiger partial charge in [0.1, 0.15) is 28.8 Å². The van der Waals surface area contributed by atoms with Gasteiger partial charge in [-0.05, 0) is 32.9 Å². The number of hydrogen-bond acceptors (Lipinski definition) is 3. The SMILES string of the molecule is Cn1c(C(=O)OC(C)(C)C)cnc1-c1c(F)cccc1F. The Balaban J connectivity index is 2.44. The molecule has 0 spiro atoms. The van der Waals surface area contributed by atoms with Crippen molar-refractivity contribution in [1.82, 2.24) is 9.55 Å². The Morgan fingerprint density at radius 3 is 2.33 bits per heavy atom. The average Bonchev–Trinajstić information content (AvgIpc) is 2.69. The number of halogens is 2. The Morgan fingerprint density at radius 2 is 1.81 bits per heavy atom. The van der Waals surface area contributed by atoms with Gasteiger partial charge in [0.05, 0.1) is 11.8 Å². The molecule has 0 aliphatic rings. The second-order valence-electron chi connectivity index (χ2n) is 5.62. The fourth-order valence-electron chi connectivity index (χ4n) is 1.87. The van der Waals surface area contributed by atoms with Crippen molar-refractivity contribution in [2.24, 2.45) is 7.05 Å². The number of carbonyl (C=O) groups excluding carboxylic acids is 1. The number of hydrogen-bond donors (Lipinski definition) is 0. The Hall–Kier alpha value is -2.24. The lowest BCUT2D eigenvalue weighted by Gasteiger charge is -2.19. The molecule has 0 atom stereocenters. The van der Waals surface area contributed by atoms with E-state index in [4.69, 9.17) is 4.74 Å². The Bertz CT molecular complexity index is 667. The molecule has 0 radical (unpaired) electrons. The summed E-state index contributed by atoms with van der Waals surface area (Å²) in [6.07, 6.45) is 1.25. The van der Waals surface area contributed by atoms with Gasteiger partial charge in [0.25, 0.3) is 0 Å². The van der Waals surface area contributed by atoms with E-state index >= 15 is 0 Å². The summed E-state index contributed by atoms with van der Waals surface area (Å²) in [4.78, 5) is 16.0. The molecule has 0 aliphatic carbocycles. The highest BCUT2D eigenvalue weighted by molar-refractivity contribution is 5.88. The standard InChI is InChI=1S/C15H16F2N2O2/c1-15(2,3)21-14(20)11-8-18-13(19(11)4)12-9(16)6-5-7-10(12)17/h5-8H,1-4H3. The largest absolute Gasteiger partial charge is 0.455 e. The topological polar surface area (TPSA) is 44.1 Å². The second-order valence-corrected chi connectivity index (χ2v) is 5.62. The third kappa shape index (κ3) is 3.09. The molecule has 0 saturated heterocycles. The van der Waals surface area contributed by atoms with E-state index in [9.17, 15) is 13.6 Å². The molecule has 2 rings (SSSR count). The van der Waals surface area contributed by atoms with Gasteiger partial charge in [-0.15, -0.1) is 0 Å². The highest BCUT2D eigenvalue weighted by atomic mass is 19.1. The molecule has 0 aliphatic heterocycles. The van der Waals surface area contributed by atoms with Gasteiger partial charge in [-0.2, -0.15) is 0 Å². The molecule has 1 heterocycles. The van der Waals surface area contributed by atoms with Crippen LogP contribution in [0.3, 0.4) is 0 Å². The van der Waals surface area contributed by atoms with Crippen LogP contribution in [0.4, 0.5) is 8.78 Å². The number of ether oxygens (including phenoxy) is 1. The van der Waals surface area contributed by atoms with Crippen molar-refractivity contribution in [2.45, 2.75) is 26.4 Å². The van der Waals surface area contributed by atoms with E-state index in [2.05, 4.69) is 4.98 Å². The number of carbonyl (C=O) groups is 1. The van der Waals surface area contributed by atoms with E-state index in [1.54, 1.807) is 20.8 Å². The smallest absolute Gasteiger partial charge is 0.357 e. The fraction of sp³-hybridized carbons (Fsp3) is 0.333. The molecule has 2 aromatic rings. The molecule has 0 amide bonds. The molecule has 1 aromatic heterocycles. The van der Waals surface area contributed by atoms with Gasteiger partial charge in [-0.25, -0.2) is 18.6 Å². The maximum Gasteiger partial charge on any atom is 0.357 e. The highest BCUT2D eigenvalue weighted by Crippen LogP contribution is 2.25. The molecule has 4 nitrogen and oxygen atoms in total. The van der Waals surface area contributed by atoms with Gasteiger partial charge in [0.15, 0.2) is 0 Å². The summed E-state index contributed by atoms with van der Waals surface area (Å²) in [5, 5.41) is 0. The van der Waals surface area contributed by atoms with E-state index in [-0.39, 0.29) is 17.1 Å². The monoisotopic (exact) mass is 294 g/mol. The first-order valence-electron chi connectivity index (χ1n) is 6.40. The number of benzene rings is 1. The summed E-state index contributed by atoms with van der Waals surface area (Å²) in [5.41, 5.74) is -0.803. The van der Waals surface area contributed by atoms with Crippen LogP contribution in [-0.2, 0) is 11.8 Å². The van der Waals surface area contributed by atoms with Crippen LogP contribution in [0.25, 0.3) is 11.4 Å². The van der Waals surface area contributed by atoms with Gasteiger partial charge < -0.3 is 9.30 Å². The van der Waals surface area contributed by atoms with Crippen molar-refractivity contribution in [3.8, 4) is 11.4 Å². The first kappa shape index (κ1) is 15.2. The van der Waals surface area contributed by atoms with Gasteiger partial charge >= 0.3 is 5.97 Å². The number of rotatable bonds is 2. The minimum atomic E-state index is -0.737. The van der Waals surface area contributed by atoms with Crippen LogP contribution in [-0.4, -0.2) is 21.1 Å². The van der Waals surface area contributed by atoms with Crippen molar-refractivity contribution in [1.29, 1.82) is 0 Å². The molecule has 6 heteroatoms. The van der Waals surface area contributed by atoms with Gasteiger partial charge in [-0.3, -0.25) is 0 Å². The van der Waals surface area contributed by atoms with Crippen molar-refractivity contribution in [2.75, 3.05) is 0 Å². The van der Waals surface area contributed by atoms with E-state index in [1.165, 1.54) is 23.9 Å². The van der Waals surface area contributed by atoms with E-state index in [0.717, 1.165) is 12.1 Å². The fourth-order valence-corrected chi connectivity index (χ4v) is 1.87. The highest BCUT2D eigenvalue weighted by Gasteiger charge is 2.24. The summed E-state index contributed by atoms with van der Waals surface area (Å²) in [6, 6.07) is 3.55. The lowest BCUT2D eigenvalue weighted by atomic mass is 10.2. The molecule has 0 N–H and O–H groups in total. The van der Waals surface area contributed by atoms with Crippen LogP contribution in [0.1, 0.15) is 31.3 Å². The lowest BCUT2D eigenvalue weighted by molar-refractivity contribution is 0.00590. The first-order chi connectivity index (χ1) is 9.70. The normalized spacial score (nSPS) is 11.5. The zero-order valence-electron chi connectivity index (χ0n) is 12.3. The van der Waals surface area contributed by atoms with Crippen LogP contribution < -0.4 is 0 Å². The zero-order valence-corrected chi connectivity index (χ0v) is 12.3. The van der Waals surface area contributed by atoms with E-state index < -0.39 is 23.2 Å². The maximum atomic E-state index is 13.8. The minimum Gasteiger partial charge on any atom is -0.455 e. The molecule has 0 saturated carbocycles. The Labute approximate surface area is 121 Å². The van der Waals surface area contributed by atoms with Crippen LogP contribution in [0.5, 0.6) is 0 Å². The van der Waals surface area contributed by atoms with Crippen molar-refractivity contribution < 1.29 is 18.3 Å². The van der Waals surface area contributed by atoms with E-state index in [1.807, 2.05) is 0 Å². The van der Waals surface area contributed by atoms with Crippen molar-refractivity contribution >= 4 is 5.97 Å². The second kappa shape index (κ2) is 5.27. The quantitative estimate of drug-likeness (QED) is 0.798. The van der Waals surface area contributed by atoms with Crippen LogP contribution in [0, 0.1) is 11.6 Å². The van der Waals surface area contributed by atoms with Gasteiger partial charge in [0.2, 0.25) is 0 Å². The number of imidazole rings is 1. The first-order valence-corrected chi connectivity index (χ1v) is 6.40. The van der Waals surface area contributed by atoms with Gasteiger partial charge in [-0.1, -0.05) is 6.07 Å². The number of nitrogens with zero attached hydrogens (tertiary/aromatic N) is 2. The summed E-state index contributed by atoms with van der Waals surface area (Å²) >= 11 is 0. The number of aromatic nitrogens is 2. The molecule has 0 fully saturated rings. The molecule has 1 aromatic carbocycles. The molecule has 112 valence electrons. The number of esters is 1. The van der Waals surface area contributed by atoms with Gasteiger partial charge in [0, 0.05) is 7.05 Å². The van der Waals surface area contributed by atoms with Crippen LogP contribution in [0.15, 0.2) is 24.4 Å². The Kier molecular flexibility index (Phi) is 3.80. The zero-order chi connectivity index (χ0) is 15.8. The molecule has 0 bridgehead atoms. The van der Waals surface area contributed by atoms with Crippen molar-refractivity contribution in [3.05, 3.63) is 41.7 Å². The third-order valence-electron chi connectivity index (χ3n) is 2.78. The van der Waals surface area contributed by atoms with E-state index in [0.29, 0.717) is 0 Å². The summed E-state index contributed by atoms with van der Waals surface area (Å²) in [5.74, 6) is -2.04. The average molecular weight is 294 g/mol. The lowest BCUT2D eigenvalue weighted by Crippen LogP contribution is -2.25. The van der Waals surface area contributed by atoms with Crippen LogP contribution in [0.2, 0.25) is 0 Å². The van der Waals surface area contributed by atoms with Crippen molar-refractivity contribution in [3.63, 3.8) is 0 Å². The van der Waals surface area contributed by atoms with Crippen LogP contribution >= 0.6 is 0 Å². The molecular formula is C15H16F2N2O2. The molecule has 0 unspecified atom stereocenters. The maximum absolute atomic E-state index is 13.8. The summed E-state index contributed by atoms with van der Waals surface area (Å²) in [6.45, 7) is 5.20. The minimum absolute atomic E-state index is 0.0338. The molecule has 21 heavy (non-hydrogen) atoms. The summed E-state index contributed by atoms with van der Waals surface area (Å²) < 4.78 is 34.1. The third-order valence-corrected chi connectivity index (χ3v) is 2.78.